The SMILES string of the molecule is CCOc1cc(C(=O)NC(CC(=O)O)c2cccc(F)c2C)nn1-c1ccccc1F. The number of para-hydroxylation sites is 1. The second kappa shape index (κ2) is 9.38. The molecule has 3 rings (SSSR count). The highest BCUT2D eigenvalue weighted by atomic mass is 19.1. The zero-order valence-electron chi connectivity index (χ0n) is 16.9. The number of nitrogens with zero attached hydrogens (tertiary/aromatic N) is 2. The minimum atomic E-state index is -1.17. The van der Waals surface area contributed by atoms with Gasteiger partial charge in [-0.1, -0.05) is 24.3 Å². The molecule has 3 aromatic rings. The molecule has 2 N–H and O–H groups in total. The second-order valence-electron chi connectivity index (χ2n) is 6.74. The minimum absolute atomic E-state index is 0.0908. The van der Waals surface area contributed by atoms with Crippen LogP contribution >= 0.6 is 0 Å². The van der Waals surface area contributed by atoms with Crippen molar-refractivity contribution in [3.8, 4) is 11.6 Å². The summed E-state index contributed by atoms with van der Waals surface area (Å²) in [6.45, 7) is 3.49. The normalized spacial score (nSPS) is 11.7. The lowest BCUT2D eigenvalue weighted by Gasteiger charge is -2.19. The van der Waals surface area contributed by atoms with Crippen molar-refractivity contribution in [1.82, 2.24) is 15.1 Å². The third-order valence-electron chi connectivity index (χ3n) is 4.65. The highest BCUT2D eigenvalue weighted by Crippen LogP contribution is 2.25. The van der Waals surface area contributed by atoms with Crippen LogP contribution < -0.4 is 10.1 Å². The van der Waals surface area contributed by atoms with Gasteiger partial charge in [-0.3, -0.25) is 9.59 Å². The molecule has 2 aromatic carbocycles. The van der Waals surface area contributed by atoms with E-state index in [0.717, 1.165) is 4.68 Å². The van der Waals surface area contributed by atoms with E-state index in [-0.39, 0.29) is 29.4 Å². The minimum Gasteiger partial charge on any atom is -0.481 e. The molecule has 0 spiro atoms. The lowest BCUT2D eigenvalue weighted by atomic mass is 9.98. The number of aromatic nitrogens is 2. The first-order chi connectivity index (χ1) is 14.8. The lowest BCUT2D eigenvalue weighted by Crippen LogP contribution is -2.31. The summed E-state index contributed by atoms with van der Waals surface area (Å²) >= 11 is 0. The van der Waals surface area contributed by atoms with Crippen molar-refractivity contribution in [2.75, 3.05) is 6.61 Å². The molecule has 0 saturated carbocycles. The van der Waals surface area contributed by atoms with Gasteiger partial charge in [0.15, 0.2) is 5.69 Å². The number of benzene rings is 2. The Kier molecular flexibility index (Phi) is 6.64. The maximum Gasteiger partial charge on any atom is 0.305 e. The van der Waals surface area contributed by atoms with Gasteiger partial charge in [-0.2, -0.15) is 9.78 Å². The Hall–Kier alpha value is -3.75. The molecule has 7 nitrogen and oxygen atoms in total. The number of hydrogen-bond acceptors (Lipinski definition) is 4. The maximum absolute atomic E-state index is 14.2. The average Bonchev–Trinajstić information content (AvgIpc) is 3.14. The highest BCUT2D eigenvalue weighted by Gasteiger charge is 2.24. The number of carbonyl (C=O) groups is 2. The van der Waals surface area contributed by atoms with E-state index in [9.17, 15) is 23.5 Å². The number of ether oxygens (including phenoxy) is 1. The van der Waals surface area contributed by atoms with Crippen LogP contribution in [0.2, 0.25) is 0 Å². The number of carbonyl (C=O) groups excluding carboxylic acids is 1. The fraction of sp³-hybridized carbons (Fsp3) is 0.227. The first-order valence-electron chi connectivity index (χ1n) is 9.57. The molecule has 0 saturated heterocycles. The van der Waals surface area contributed by atoms with Crippen LogP contribution in [0.25, 0.3) is 5.69 Å². The number of aliphatic carboxylic acids is 1. The first kappa shape index (κ1) is 21.9. The Morgan fingerprint density at radius 1 is 1.16 bits per heavy atom. The second-order valence-corrected chi connectivity index (χ2v) is 6.74. The molecule has 1 atom stereocenters. The van der Waals surface area contributed by atoms with Gasteiger partial charge in [0.1, 0.15) is 17.3 Å². The molecule has 31 heavy (non-hydrogen) atoms. The Bertz CT molecular complexity index is 1110. The zero-order chi connectivity index (χ0) is 22.5. The summed E-state index contributed by atoms with van der Waals surface area (Å²) in [5.74, 6) is -2.79. The van der Waals surface area contributed by atoms with Crippen molar-refractivity contribution in [1.29, 1.82) is 0 Å². The molecule has 0 bridgehead atoms. The van der Waals surface area contributed by atoms with Crippen LogP contribution in [0.1, 0.15) is 41.0 Å². The van der Waals surface area contributed by atoms with Gasteiger partial charge in [0.05, 0.1) is 19.1 Å². The Labute approximate surface area is 177 Å². The predicted molar refractivity (Wildman–Crippen MR) is 108 cm³/mol. The summed E-state index contributed by atoms with van der Waals surface area (Å²) in [5, 5.41) is 16.0. The lowest BCUT2D eigenvalue weighted by molar-refractivity contribution is -0.137. The Morgan fingerprint density at radius 2 is 1.87 bits per heavy atom. The highest BCUT2D eigenvalue weighted by molar-refractivity contribution is 5.93. The molecule has 0 radical (unpaired) electrons. The van der Waals surface area contributed by atoms with Gasteiger partial charge < -0.3 is 15.2 Å². The first-order valence-corrected chi connectivity index (χ1v) is 9.57. The number of halogens is 2. The van der Waals surface area contributed by atoms with Gasteiger partial charge in [0, 0.05) is 6.07 Å². The van der Waals surface area contributed by atoms with E-state index < -0.39 is 36.0 Å². The summed E-state index contributed by atoms with van der Waals surface area (Å²) < 4.78 is 34.9. The third-order valence-corrected chi connectivity index (χ3v) is 4.65. The summed E-state index contributed by atoms with van der Waals surface area (Å²) in [7, 11) is 0. The van der Waals surface area contributed by atoms with Crippen molar-refractivity contribution >= 4 is 11.9 Å². The van der Waals surface area contributed by atoms with Crippen LogP contribution in [-0.2, 0) is 4.79 Å². The molecule has 1 heterocycles. The van der Waals surface area contributed by atoms with E-state index in [1.165, 1.54) is 43.3 Å². The molecule has 1 aromatic heterocycles. The number of nitrogens with one attached hydrogen (secondary N) is 1. The zero-order valence-corrected chi connectivity index (χ0v) is 16.9. The van der Waals surface area contributed by atoms with E-state index in [1.54, 1.807) is 19.1 Å². The number of carboxylic acid groups (broad SMARTS) is 1. The summed E-state index contributed by atoms with van der Waals surface area (Å²) in [6.07, 6.45) is -0.456. The average molecular weight is 429 g/mol. The van der Waals surface area contributed by atoms with E-state index in [0.29, 0.717) is 5.56 Å². The monoisotopic (exact) mass is 429 g/mol. The fourth-order valence-electron chi connectivity index (χ4n) is 3.17. The fourth-order valence-corrected chi connectivity index (χ4v) is 3.17. The molecule has 1 amide bonds. The molecule has 0 aliphatic carbocycles. The van der Waals surface area contributed by atoms with Gasteiger partial charge in [0.25, 0.3) is 5.91 Å². The molecule has 0 fully saturated rings. The quantitative estimate of drug-likeness (QED) is 0.568. The molecule has 0 aliphatic heterocycles. The topological polar surface area (TPSA) is 93.4 Å². The van der Waals surface area contributed by atoms with Gasteiger partial charge in [-0.25, -0.2) is 8.78 Å². The Morgan fingerprint density at radius 3 is 2.55 bits per heavy atom. The van der Waals surface area contributed by atoms with Crippen molar-refractivity contribution in [3.05, 3.63) is 77.0 Å². The van der Waals surface area contributed by atoms with Gasteiger partial charge in [-0.05, 0) is 43.2 Å². The van der Waals surface area contributed by atoms with E-state index >= 15 is 0 Å². The summed E-state index contributed by atoms with van der Waals surface area (Å²) in [6, 6.07) is 10.5. The molecule has 162 valence electrons. The van der Waals surface area contributed by atoms with Crippen LogP contribution in [0, 0.1) is 18.6 Å². The molecule has 0 aliphatic rings. The van der Waals surface area contributed by atoms with Crippen LogP contribution in [-0.4, -0.2) is 33.4 Å². The predicted octanol–water partition coefficient (Wildman–Crippen LogP) is 3.80. The van der Waals surface area contributed by atoms with E-state index in [1.807, 2.05) is 0 Å². The van der Waals surface area contributed by atoms with E-state index in [4.69, 9.17) is 4.74 Å². The standard InChI is InChI=1S/C22H21F2N3O4/c1-3-31-20-11-18(26-27(20)19-10-5-4-8-16(19)24)22(30)25-17(12-21(28)29)14-7-6-9-15(23)13(14)2/h4-11,17H,3,12H2,1-2H3,(H,25,30)(H,28,29). The molecular formula is C22H21F2N3O4. The van der Waals surface area contributed by atoms with Crippen molar-refractivity contribution in [2.45, 2.75) is 26.3 Å². The summed E-state index contributed by atoms with van der Waals surface area (Å²) in [4.78, 5) is 24.2. The van der Waals surface area contributed by atoms with Gasteiger partial charge >= 0.3 is 5.97 Å². The Balaban J connectivity index is 1.95. The number of hydrogen-bond donors (Lipinski definition) is 2. The van der Waals surface area contributed by atoms with Gasteiger partial charge in [-0.15, -0.1) is 0 Å². The number of amides is 1. The number of rotatable bonds is 8. The molecule has 9 heteroatoms. The third kappa shape index (κ3) is 4.88. The van der Waals surface area contributed by atoms with E-state index in [2.05, 4.69) is 10.4 Å². The molecular weight excluding hydrogens is 408 g/mol. The van der Waals surface area contributed by atoms with Crippen molar-refractivity contribution < 1.29 is 28.2 Å². The van der Waals surface area contributed by atoms with Crippen LogP contribution in [0.3, 0.4) is 0 Å². The smallest absolute Gasteiger partial charge is 0.305 e. The largest absolute Gasteiger partial charge is 0.481 e. The van der Waals surface area contributed by atoms with Crippen LogP contribution in [0.4, 0.5) is 8.78 Å². The van der Waals surface area contributed by atoms with Crippen molar-refractivity contribution in [2.24, 2.45) is 0 Å². The summed E-state index contributed by atoms with van der Waals surface area (Å²) in [5.41, 5.74) is 0.569. The van der Waals surface area contributed by atoms with Crippen LogP contribution in [0.5, 0.6) is 5.88 Å². The van der Waals surface area contributed by atoms with Gasteiger partial charge in [0.2, 0.25) is 5.88 Å². The number of carboxylic acids is 1. The van der Waals surface area contributed by atoms with Crippen molar-refractivity contribution in [3.63, 3.8) is 0 Å². The van der Waals surface area contributed by atoms with Crippen LogP contribution in [0.15, 0.2) is 48.5 Å². The maximum atomic E-state index is 14.2. The molecule has 1 unspecified atom stereocenters.